The van der Waals surface area contributed by atoms with E-state index in [0.29, 0.717) is 19.5 Å². The molecule has 0 bridgehead atoms. The summed E-state index contributed by atoms with van der Waals surface area (Å²) in [6.45, 7) is 8.39. The molecule has 0 N–H and O–H groups in total. The molecule has 5 rings (SSSR count). The molecule has 1 aromatic carbocycles. The zero-order chi connectivity index (χ0) is 33.0. The van der Waals surface area contributed by atoms with Gasteiger partial charge in [0.1, 0.15) is 12.4 Å². The molecule has 0 spiro atoms. The molecule has 2 aliphatic heterocycles. The number of allylic oxidation sites excluding steroid dienone is 1. The van der Waals surface area contributed by atoms with E-state index in [1.54, 1.807) is 13.0 Å². The lowest BCUT2D eigenvalue weighted by molar-refractivity contribution is -0.143. The number of alkyl halides is 3. The van der Waals surface area contributed by atoms with Crippen LogP contribution in [0.4, 0.5) is 13.2 Å². The van der Waals surface area contributed by atoms with Gasteiger partial charge in [0, 0.05) is 35.6 Å². The van der Waals surface area contributed by atoms with Crippen molar-refractivity contribution in [3.8, 4) is 0 Å². The first-order valence-electron chi connectivity index (χ1n) is 15.7. The van der Waals surface area contributed by atoms with Crippen LogP contribution in [-0.4, -0.2) is 64.8 Å². The van der Waals surface area contributed by atoms with E-state index >= 15 is 0 Å². The third-order valence-electron chi connectivity index (χ3n) is 9.04. The predicted octanol–water partition coefficient (Wildman–Crippen LogP) is 6.00. The number of imidazole rings is 1. The fourth-order valence-corrected chi connectivity index (χ4v) is 6.16. The van der Waals surface area contributed by atoms with Crippen molar-refractivity contribution in [3.05, 3.63) is 70.1 Å². The molecule has 2 fully saturated rings. The SMILES string of the molecule is C/C=C(\N=C(/C)C1CCN(Cc2nc3c(n2C[C@@H]2CCO2)CC(C(=O)OC)C=C3)CC1)OCc1ccc(C(C)=O)cc1C(F)(F)F. The topological polar surface area (TPSA) is 95.2 Å². The summed E-state index contributed by atoms with van der Waals surface area (Å²) in [6.07, 6.45) is 4.24. The maximum absolute atomic E-state index is 13.7. The number of benzene rings is 1. The van der Waals surface area contributed by atoms with Gasteiger partial charge in [0.2, 0.25) is 5.88 Å². The average molecular weight is 643 g/mol. The highest BCUT2D eigenvalue weighted by molar-refractivity contribution is 5.94. The third kappa shape index (κ3) is 7.78. The highest BCUT2D eigenvalue weighted by atomic mass is 19.4. The standard InChI is InChI=1S/C34H41F3N4O5/c1-5-32(46-20-26-7-6-24(22(3)42)16-28(26)34(35,36)37)38-21(2)23-10-13-40(14-11-23)19-31-39-29-9-8-25(33(43)44-4)17-30(29)41(31)18-27-12-15-45-27/h5-9,16,23,25,27H,10-15,17-20H2,1-4H3/b32-5+,38-21+/t25?,27-/m0/s1. The number of aliphatic imine (C=N–C) groups is 1. The lowest BCUT2D eigenvalue weighted by Gasteiger charge is -2.33. The summed E-state index contributed by atoms with van der Waals surface area (Å²) in [5.41, 5.74) is 1.86. The van der Waals surface area contributed by atoms with Gasteiger partial charge in [-0.3, -0.25) is 14.5 Å². The molecule has 2 saturated heterocycles. The molecule has 0 saturated carbocycles. The highest BCUT2D eigenvalue weighted by Crippen LogP contribution is 2.34. The number of esters is 1. The van der Waals surface area contributed by atoms with Crippen molar-refractivity contribution < 1.29 is 37.0 Å². The number of aromatic nitrogens is 2. The van der Waals surface area contributed by atoms with Gasteiger partial charge in [-0.05, 0) is 77.3 Å². The Balaban J connectivity index is 1.20. The molecule has 1 aromatic heterocycles. The molecule has 3 heterocycles. The second-order valence-corrected chi connectivity index (χ2v) is 12.1. The van der Waals surface area contributed by atoms with Crippen molar-refractivity contribution in [2.75, 3.05) is 26.8 Å². The Kier molecular flexibility index (Phi) is 10.5. The number of likely N-dealkylation sites (tertiary alicyclic amines) is 1. The van der Waals surface area contributed by atoms with Gasteiger partial charge in [0.05, 0.1) is 43.5 Å². The number of Topliss-reactive ketones (excluding diaryl/α,β-unsaturated/α-hetero) is 1. The number of halogens is 3. The van der Waals surface area contributed by atoms with E-state index in [9.17, 15) is 22.8 Å². The van der Waals surface area contributed by atoms with Crippen LogP contribution in [-0.2, 0) is 51.3 Å². The summed E-state index contributed by atoms with van der Waals surface area (Å²) in [5, 5.41) is 0. The zero-order valence-corrected chi connectivity index (χ0v) is 26.7. The molecule has 1 aliphatic carbocycles. The second-order valence-electron chi connectivity index (χ2n) is 12.1. The van der Waals surface area contributed by atoms with Crippen molar-refractivity contribution in [2.45, 2.75) is 78.4 Å². The summed E-state index contributed by atoms with van der Waals surface area (Å²) in [6, 6.07) is 3.54. The van der Waals surface area contributed by atoms with E-state index in [0.717, 1.165) is 67.9 Å². The summed E-state index contributed by atoms with van der Waals surface area (Å²) < 4.78 is 59.7. The first kappa shape index (κ1) is 33.6. The third-order valence-corrected chi connectivity index (χ3v) is 9.04. The van der Waals surface area contributed by atoms with Gasteiger partial charge in [0.25, 0.3) is 0 Å². The normalized spacial score (nSPS) is 21.1. The molecule has 0 amide bonds. The quantitative estimate of drug-likeness (QED) is 0.128. The molecule has 248 valence electrons. The Morgan fingerprint density at radius 2 is 1.91 bits per heavy atom. The van der Waals surface area contributed by atoms with E-state index in [1.165, 1.54) is 26.2 Å². The number of carbonyl (C=O) groups is 2. The number of carbonyl (C=O) groups excluding carboxylic acids is 2. The summed E-state index contributed by atoms with van der Waals surface area (Å²) in [4.78, 5) is 35.8. The molecule has 1 unspecified atom stereocenters. The van der Waals surface area contributed by atoms with Gasteiger partial charge in [0.15, 0.2) is 5.78 Å². The molecule has 0 radical (unpaired) electrons. The number of ether oxygens (including phenoxy) is 3. The van der Waals surface area contributed by atoms with E-state index < -0.39 is 17.5 Å². The molecule has 9 nitrogen and oxygen atoms in total. The number of nitrogens with zero attached hydrogens (tertiary/aromatic N) is 4. The minimum atomic E-state index is -4.61. The summed E-state index contributed by atoms with van der Waals surface area (Å²) in [7, 11) is 1.41. The van der Waals surface area contributed by atoms with Crippen LogP contribution in [0.2, 0.25) is 0 Å². The second kappa shape index (κ2) is 14.3. The predicted molar refractivity (Wildman–Crippen MR) is 166 cm³/mol. The Labute approximate surface area is 267 Å². The summed E-state index contributed by atoms with van der Waals surface area (Å²) >= 11 is 0. The first-order valence-corrected chi connectivity index (χ1v) is 15.7. The fraction of sp³-hybridized carbons (Fsp3) is 0.529. The van der Waals surface area contributed by atoms with Crippen LogP contribution in [0.15, 0.2) is 41.2 Å². The van der Waals surface area contributed by atoms with Gasteiger partial charge < -0.3 is 18.8 Å². The molecule has 46 heavy (non-hydrogen) atoms. The van der Waals surface area contributed by atoms with E-state index in [2.05, 4.69) is 14.5 Å². The van der Waals surface area contributed by atoms with Crippen molar-refractivity contribution in [3.63, 3.8) is 0 Å². The zero-order valence-electron chi connectivity index (χ0n) is 26.7. The van der Waals surface area contributed by atoms with Crippen LogP contribution in [0.5, 0.6) is 0 Å². The highest BCUT2D eigenvalue weighted by Gasteiger charge is 2.34. The minimum absolute atomic E-state index is 0.00235. The molecular weight excluding hydrogens is 601 g/mol. The van der Waals surface area contributed by atoms with E-state index in [-0.39, 0.29) is 47.5 Å². The summed E-state index contributed by atoms with van der Waals surface area (Å²) in [5.74, 6) is 0.404. The van der Waals surface area contributed by atoms with Gasteiger partial charge >= 0.3 is 12.1 Å². The van der Waals surface area contributed by atoms with Crippen LogP contribution in [0, 0.1) is 11.8 Å². The van der Waals surface area contributed by atoms with E-state index in [1.807, 2.05) is 19.1 Å². The average Bonchev–Trinajstić information content (AvgIpc) is 3.35. The van der Waals surface area contributed by atoms with Crippen molar-refractivity contribution in [1.82, 2.24) is 14.5 Å². The van der Waals surface area contributed by atoms with E-state index in [4.69, 9.17) is 19.2 Å². The van der Waals surface area contributed by atoms with Gasteiger partial charge in [-0.25, -0.2) is 9.98 Å². The monoisotopic (exact) mass is 642 g/mol. The van der Waals surface area contributed by atoms with Gasteiger partial charge in [-0.2, -0.15) is 13.2 Å². The smallest absolute Gasteiger partial charge is 0.416 e. The van der Waals surface area contributed by atoms with Crippen LogP contribution in [0.25, 0.3) is 6.08 Å². The number of ketones is 1. The number of rotatable bonds is 11. The number of fused-ring (bicyclic) bond motifs is 1. The Hall–Kier alpha value is -3.77. The first-order chi connectivity index (χ1) is 22.0. The van der Waals surface area contributed by atoms with Gasteiger partial charge in [-0.1, -0.05) is 18.2 Å². The lowest BCUT2D eigenvalue weighted by Crippen LogP contribution is -2.37. The van der Waals surface area contributed by atoms with Crippen LogP contribution >= 0.6 is 0 Å². The van der Waals surface area contributed by atoms with Crippen LogP contribution in [0.3, 0.4) is 0 Å². The number of methoxy groups -OCH3 is 1. The van der Waals surface area contributed by atoms with Gasteiger partial charge in [-0.15, -0.1) is 0 Å². The molecule has 3 aliphatic rings. The molecular formula is C34H41F3N4O5. The number of hydrogen-bond donors (Lipinski definition) is 0. The molecule has 2 aromatic rings. The fourth-order valence-electron chi connectivity index (χ4n) is 6.16. The van der Waals surface area contributed by atoms with Crippen LogP contribution in [0.1, 0.15) is 78.7 Å². The van der Waals surface area contributed by atoms with Crippen molar-refractivity contribution in [1.29, 1.82) is 0 Å². The van der Waals surface area contributed by atoms with Crippen molar-refractivity contribution >= 4 is 23.5 Å². The Morgan fingerprint density at radius 3 is 2.52 bits per heavy atom. The number of hydrogen-bond acceptors (Lipinski definition) is 8. The maximum atomic E-state index is 13.7. The van der Waals surface area contributed by atoms with Crippen molar-refractivity contribution in [2.24, 2.45) is 16.8 Å². The number of piperidine rings is 1. The lowest BCUT2D eigenvalue weighted by atomic mass is 9.92. The van der Waals surface area contributed by atoms with Crippen LogP contribution < -0.4 is 0 Å². The Morgan fingerprint density at radius 1 is 1.17 bits per heavy atom. The minimum Gasteiger partial charge on any atom is -0.473 e. The molecule has 2 atom stereocenters. The maximum Gasteiger partial charge on any atom is 0.416 e. The Bertz CT molecular complexity index is 1530. The largest absolute Gasteiger partial charge is 0.473 e. The molecule has 12 heteroatoms.